The van der Waals surface area contributed by atoms with Crippen LogP contribution in [0, 0.1) is 0 Å². The lowest BCUT2D eigenvalue weighted by Gasteiger charge is -2.35. The maximum Gasteiger partial charge on any atom is 0.225 e. The number of piperazine rings is 1. The average molecular weight is 323 g/mol. The lowest BCUT2D eigenvalue weighted by Crippen LogP contribution is -2.46. The Labute approximate surface area is 144 Å². The Hall–Kier alpha value is -2.40. The quantitative estimate of drug-likeness (QED) is 0.828. The Kier molecular flexibility index (Phi) is 5.43. The van der Waals surface area contributed by atoms with Crippen LogP contribution >= 0.6 is 0 Å². The highest BCUT2D eigenvalue weighted by Gasteiger charge is 2.18. The molecule has 1 fully saturated rings. The number of aromatic nitrogens is 2. The first kappa shape index (κ1) is 16.5. The van der Waals surface area contributed by atoms with E-state index < -0.39 is 0 Å². The number of rotatable bonds is 6. The number of nitrogens with one attached hydrogen (secondary N) is 1. The summed E-state index contributed by atoms with van der Waals surface area (Å²) in [6.45, 7) is 11.9. The number of likely N-dealkylation sites (N-methyl/N-ethyl adjacent to an activating group) is 1. The minimum absolute atomic E-state index is 0.654. The number of benzene rings is 1. The van der Waals surface area contributed by atoms with Crippen molar-refractivity contribution >= 4 is 11.8 Å². The van der Waals surface area contributed by atoms with Crippen molar-refractivity contribution in [3.63, 3.8) is 0 Å². The van der Waals surface area contributed by atoms with Crippen LogP contribution in [0.25, 0.3) is 11.3 Å². The molecule has 0 bridgehead atoms. The SMILES string of the molecule is C=CCNc1nc(-c2ccccc2)cc(N2CCN(CC)CC2)n1. The highest BCUT2D eigenvalue weighted by molar-refractivity contribution is 5.65. The van der Waals surface area contributed by atoms with Gasteiger partial charge in [0, 0.05) is 44.4 Å². The normalized spacial score (nSPS) is 15.3. The van der Waals surface area contributed by atoms with Gasteiger partial charge in [0.15, 0.2) is 0 Å². The fourth-order valence-corrected chi connectivity index (χ4v) is 2.89. The highest BCUT2D eigenvalue weighted by Crippen LogP contribution is 2.24. The van der Waals surface area contributed by atoms with E-state index in [1.54, 1.807) is 0 Å². The van der Waals surface area contributed by atoms with Gasteiger partial charge < -0.3 is 15.1 Å². The van der Waals surface area contributed by atoms with Crippen LogP contribution in [0.2, 0.25) is 0 Å². The van der Waals surface area contributed by atoms with Gasteiger partial charge in [-0.1, -0.05) is 43.3 Å². The number of anilines is 2. The molecule has 0 unspecified atom stereocenters. The monoisotopic (exact) mass is 323 g/mol. The Morgan fingerprint density at radius 2 is 1.88 bits per heavy atom. The molecule has 5 heteroatoms. The molecule has 1 N–H and O–H groups in total. The average Bonchev–Trinajstić information content (AvgIpc) is 2.67. The third-order valence-electron chi connectivity index (χ3n) is 4.33. The van der Waals surface area contributed by atoms with Crippen LogP contribution in [-0.2, 0) is 0 Å². The van der Waals surface area contributed by atoms with Crippen LogP contribution in [0.15, 0.2) is 49.1 Å². The fraction of sp³-hybridized carbons (Fsp3) is 0.368. The van der Waals surface area contributed by atoms with Crippen molar-refractivity contribution in [3.8, 4) is 11.3 Å². The van der Waals surface area contributed by atoms with Gasteiger partial charge in [0.05, 0.1) is 5.69 Å². The summed E-state index contributed by atoms with van der Waals surface area (Å²) in [6.07, 6.45) is 1.82. The van der Waals surface area contributed by atoms with E-state index in [0.717, 1.165) is 49.8 Å². The van der Waals surface area contributed by atoms with Crippen LogP contribution in [-0.4, -0.2) is 54.1 Å². The van der Waals surface area contributed by atoms with E-state index in [4.69, 9.17) is 4.98 Å². The van der Waals surface area contributed by atoms with Gasteiger partial charge in [0.25, 0.3) is 0 Å². The van der Waals surface area contributed by atoms with Crippen molar-refractivity contribution in [2.75, 3.05) is 49.5 Å². The molecule has 2 aromatic rings. The summed E-state index contributed by atoms with van der Waals surface area (Å²) in [5, 5.41) is 3.23. The summed E-state index contributed by atoms with van der Waals surface area (Å²) in [4.78, 5) is 14.2. The fourth-order valence-electron chi connectivity index (χ4n) is 2.89. The Morgan fingerprint density at radius 3 is 2.54 bits per heavy atom. The molecule has 24 heavy (non-hydrogen) atoms. The summed E-state index contributed by atoms with van der Waals surface area (Å²) >= 11 is 0. The summed E-state index contributed by atoms with van der Waals surface area (Å²) in [5.41, 5.74) is 2.06. The molecule has 1 aromatic heterocycles. The molecule has 1 aliphatic rings. The van der Waals surface area contributed by atoms with Crippen molar-refractivity contribution in [1.29, 1.82) is 0 Å². The lowest BCUT2D eigenvalue weighted by atomic mass is 10.1. The molecule has 5 nitrogen and oxygen atoms in total. The molecule has 0 radical (unpaired) electrons. The second kappa shape index (κ2) is 7.93. The van der Waals surface area contributed by atoms with Gasteiger partial charge in [0.2, 0.25) is 5.95 Å². The molecule has 3 rings (SSSR count). The third kappa shape index (κ3) is 3.92. The number of hydrogen-bond donors (Lipinski definition) is 1. The zero-order valence-electron chi connectivity index (χ0n) is 14.3. The summed E-state index contributed by atoms with van der Waals surface area (Å²) in [5.74, 6) is 1.65. The Bertz CT molecular complexity index is 663. The summed E-state index contributed by atoms with van der Waals surface area (Å²) < 4.78 is 0. The van der Waals surface area contributed by atoms with Gasteiger partial charge >= 0.3 is 0 Å². The maximum atomic E-state index is 4.71. The van der Waals surface area contributed by atoms with Crippen molar-refractivity contribution in [2.24, 2.45) is 0 Å². The van der Waals surface area contributed by atoms with Crippen LogP contribution in [0.4, 0.5) is 11.8 Å². The molecule has 126 valence electrons. The van der Waals surface area contributed by atoms with Gasteiger partial charge in [-0.3, -0.25) is 0 Å². The minimum atomic E-state index is 0.654. The van der Waals surface area contributed by atoms with Crippen molar-refractivity contribution in [2.45, 2.75) is 6.92 Å². The van der Waals surface area contributed by atoms with Gasteiger partial charge in [-0.2, -0.15) is 4.98 Å². The van der Waals surface area contributed by atoms with Gasteiger partial charge in [-0.05, 0) is 6.54 Å². The molecule has 1 aliphatic heterocycles. The van der Waals surface area contributed by atoms with Crippen LogP contribution < -0.4 is 10.2 Å². The molecule has 2 heterocycles. The van der Waals surface area contributed by atoms with E-state index in [2.05, 4.69) is 51.8 Å². The molecular formula is C19H25N5. The maximum absolute atomic E-state index is 4.71. The first-order valence-corrected chi connectivity index (χ1v) is 8.56. The second-order valence-corrected chi connectivity index (χ2v) is 5.89. The zero-order chi connectivity index (χ0) is 16.8. The summed E-state index contributed by atoms with van der Waals surface area (Å²) in [6, 6.07) is 12.3. The Morgan fingerprint density at radius 1 is 1.12 bits per heavy atom. The minimum Gasteiger partial charge on any atom is -0.354 e. The smallest absolute Gasteiger partial charge is 0.225 e. The highest BCUT2D eigenvalue weighted by atomic mass is 15.3. The number of nitrogens with zero attached hydrogens (tertiary/aromatic N) is 4. The van der Waals surface area contributed by atoms with Crippen molar-refractivity contribution < 1.29 is 0 Å². The molecule has 1 saturated heterocycles. The van der Waals surface area contributed by atoms with Crippen molar-refractivity contribution in [1.82, 2.24) is 14.9 Å². The summed E-state index contributed by atoms with van der Waals surface area (Å²) in [7, 11) is 0. The van der Waals surface area contributed by atoms with Crippen LogP contribution in [0.1, 0.15) is 6.92 Å². The van der Waals surface area contributed by atoms with Gasteiger partial charge in [-0.15, -0.1) is 6.58 Å². The van der Waals surface area contributed by atoms with E-state index in [0.29, 0.717) is 12.5 Å². The Balaban J connectivity index is 1.88. The lowest BCUT2D eigenvalue weighted by molar-refractivity contribution is 0.270. The topological polar surface area (TPSA) is 44.3 Å². The standard InChI is InChI=1S/C19H25N5/c1-3-10-20-19-21-17(16-8-6-5-7-9-16)15-18(22-19)24-13-11-23(4-2)12-14-24/h3,5-9,15H,1,4,10-14H2,2H3,(H,20,21,22). The molecule has 0 atom stereocenters. The zero-order valence-corrected chi connectivity index (χ0v) is 14.3. The van der Waals surface area contributed by atoms with Gasteiger partial charge in [-0.25, -0.2) is 4.98 Å². The molecule has 0 spiro atoms. The van der Waals surface area contributed by atoms with E-state index in [1.165, 1.54) is 0 Å². The first-order valence-electron chi connectivity index (χ1n) is 8.56. The largest absolute Gasteiger partial charge is 0.354 e. The second-order valence-electron chi connectivity index (χ2n) is 5.89. The molecule has 0 amide bonds. The van der Waals surface area contributed by atoms with E-state index in [1.807, 2.05) is 24.3 Å². The predicted octanol–water partition coefficient (Wildman–Crippen LogP) is 2.88. The van der Waals surface area contributed by atoms with Gasteiger partial charge in [0.1, 0.15) is 5.82 Å². The molecule has 0 saturated carbocycles. The van der Waals surface area contributed by atoms with Crippen LogP contribution in [0.5, 0.6) is 0 Å². The predicted molar refractivity (Wildman–Crippen MR) is 100 cm³/mol. The molecule has 0 aliphatic carbocycles. The van der Waals surface area contributed by atoms with E-state index >= 15 is 0 Å². The molecular weight excluding hydrogens is 298 g/mol. The molecule has 1 aromatic carbocycles. The van der Waals surface area contributed by atoms with E-state index in [-0.39, 0.29) is 0 Å². The first-order chi connectivity index (χ1) is 11.8. The number of hydrogen-bond acceptors (Lipinski definition) is 5. The van der Waals surface area contributed by atoms with Crippen molar-refractivity contribution in [3.05, 3.63) is 49.1 Å². The van der Waals surface area contributed by atoms with E-state index in [9.17, 15) is 0 Å². The third-order valence-corrected chi connectivity index (χ3v) is 4.33. The van der Waals surface area contributed by atoms with Crippen LogP contribution in [0.3, 0.4) is 0 Å².